The second-order valence-electron chi connectivity index (χ2n) is 6.44. The summed E-state index contributed by atoms with van der Waals surface area (Å²) in [6.45, 7) is 1.77. The van der Waals surface area contributed by atoms with Crippen LogP contribution in [-0.4, -0.2) is 38.1 Å². The average Bonchev–Trinajstić information content (AvgIpc) is 3.17. The molecule has 3 aromatic rings. The first-order valence-corrected chi connectivity index (χ1v) is 10.9. The zero-order valence-corrected chi connectivity index (χ0v) is 18.8. The lowest BCUT2D eigenvalue weighted by atomic mass is 10.1. The molecule has 1 unspecified atom stereocenters. The SMILES string of the molecule is CCC(NC(=O)OCc1ccccc1)C(=O)Cn1nnc(Sc2cc(Cl)cc(Cl)c2)n1. The number of Topliss-reactive ketones (excluding diaryl/α,β-unsaturated/α-hetero) is 1. The summed E-state index contributed by atoms with van der Waals surface area (Å²) < 4.78 is 5.17. The smallest absolute Gasteiger partial charge is 0.408 e. The minimum absolute atomic E-state index is 0.121. The van der Waals surface area contributed by atoms with Gasteiger partial charge in [0.2, 0.25) is 5.16 Å². The van der Waals surface area contributed by atoms with Gasteiger partial charge in [0.1, 0.15) is 13.2 Å². The van der Waals surface area contributed by atoms with Crippen molar-refractivity contribution in [2.24, 2.45) is 0 Å². The topological polar surface area (TPSA) is 99.0 Å². The number of halogens is 2. The zero-order chi connectivity index (χ0) is 22.2. The number of carbonyl (C=O) groups excluding carboxylic acids is 2. The van der Waals surface area contributed by atoms with E-state index >= 15 is 0 Å². The Bertz CT molecular complexity index is 1030. The second-order valence-corrected chi connectivity index (χ2v) is 8.36. The van der Waals surface area contributed by atoms with Crippen molar-refractivity contribution in [1.82, 2.24) is 25.5 Å². The molecule has 0 spiro atoms. The number of ether oxygens (including phenoxy) is 1. The van der Waals surface area contributed by atoms with Crippen LogP contribution in [0.1, 0.15) is 18.9 Å². The van der Waals surface area contributed by atoms with Gasteiger partial charge in [-0.25, -0.2) is 4.79 Å². The Kier molecular flexibility index (Phi) is 8.27. The van der Waals surface area contributed by atoms with Gasteiger partial charge in [-0.3, -0.25) is 4.79 Å². The van der Waals surface area contributed by atoms with Gasteiger partial charge in [0.25, 0.3) is 0 Å². The number of benzene rings is 2. The maximum Gasteiger partial charge on any atom is 0.408 e. The molecule has 0 fully saturated rings. The first kappa shape index (κ1) is 23.1. The van der Waals surface area contributed by atoms with Gasteiger partial charge in [0.05, 0.1) is 6.04 Å². The van der Waals surface area contributed by atoms with E-state index in [1.165, 1.54) is 16.6 Å². The van der Waals surface area contributed by atoms with Crippen LogP contribution in [0.4, 0.5) is 4.79 Å². The van der Waals surface area contributed by atoms with Crippen LogP contribution in [0.5, 0.6) is 0 Å². The Labute approximate surface area is 193 Å². The Morgan fingerprint density at radius 2 is 1.87 bits per heavy atom. The third kappa shape index (κ3) is 7.23. The summed E-state index contributed by atoms with van der Waals surface area (Å²) in [5, 5.41) is 15.9. The molecule has 0 radical (unpaired) electrons. The highest BCUT2D eigenvalue weighted by Gasteiger charge is 2.21. The van der Waals surface area contributed by atoms with E-state index in [1.54, 1.807) is 25.1 Å². The number of hydrogen-bond acceptors (Lipinski definition) is 7. The maximum absolute atomic E-state index is 12.6. The number of hydrogen-bond donors (Lipinski definition) is 1. The summed E-state index contributed by atoms with van der Waals surface area (Å²) in [4.78, 5) is 26.5. The van der Waals surface area contributed by atoms with Crippen LogP contribution in [0, 0.1) is 0 Å². The molecule has 11 heteroatoms. The molecule has 0 aliphatic rings. The molecule has 0 aliphatic carbocycles. The van der Waals surface area contributed by atoms with E-state index in [9.17, 15) is 9.59 Å². The number of tetrazole rings is 1. The van der Waals surface area contributed by atoms with Crippen molar-refractivity contribution in [1.29, 1.82) is 0 Å². The van der Waals surface area contributed by atoms with Gasteiger partial charge in [-0.15, -0.1) is 10.2 Å². The average molecular weight is 480 g/mol. The summed E-state index contributed by atoms with van der Waals surface area (Å²) in [7, 11) is 0. The normalized spacial score (nSPS) is 11.7. The van der Waals surface area contributed by atoms with Crippen molar-refractivity contribution in [3.63, 3.8) is 0 Å². The lowest BCUT2D eigenvalue weighted by Gasteiger charge is -2.15. The number of alkyl carbamates (subject to hydrolysis) is 1. The van der Waals surface area contributed by atoms with E-state index in [0.29, 0.717) is 21.6 Å². The molecule has 0 aliphatic heterocycles. The van der Waals surface area contributed by atoms with E-state index in [4.69, 9.17) is 27.9 Å². The Hall–Kier alpha value is -2.62. The van der Waals surface area contributed by atoms with Gasteiger partial charge in [0, 0.05) is 14.9 Å². The molecule has 1 amide bonds. The predicted octanol–water partition coefficient (Wildman–Crippen LogP) is 4.41. The van der Waals surface area contributed by atoms with E-state index in [-0.39, 0.29) is 18.9 Å². The van der Waals surface area contributed by atoms with Crippen LogP contribution in [-0.2, 0) is 22.7 Å². The van der Waals surface area contributed by atoms with Gasteiger partial charge in [-0.05, 0) is 47.2 Å². The van der Waals surface area contributed by atoms with Crippen LogP contribution >= 0.6 is 35.0 Å². The third-order valence-electron chi connectivity index (χ3n) is 4.08. The predicted molar refractivity (Wildman–Crippen MR) is 117 cm³/mol. The van der Waals surface area contributed by atoms with Gasteiger partial charge < -0.3 is 10.1 Å². The maximum atomic E-state index is 12.6. The molecule has 1 N–H and O–H groups in total. The van der Waals surface area contributed by atoms with Gasteiger partial charge in [-0.1, -0.05) is 60.5 Å². The minimum Gasteiger partial charge on any atom is -0.445 e. The fourth-order valence-corrected chi connectivity index (χ4v) is 4.05. The Morgan fingerprint density at radius 1 is 1.16 bits per heavy atom. The van der Waals surface area contributed by atoms with Crippen molar-refractivity contribution in [3.05, 3.63) is 64.1 Å². The number of nitrogens with one attached hydrogen (secondary N) is 1. The van der Waals surface area contributed by atoms with Crippen molar-refractivity contribution in [3.8, 4) is 0 Å². The first-order chi connectivity index (χ1) is 14.9. The second kappa shape index (κ2) is 11.1. The van der Waals surface area contributed by atoms with Crippen molar-refractivity contribution in [2.45, 2.75) is 42.6 Å². The molecule has 2 aromatic carbocycles. The fraction of sp³-hybridized carbons (Fsp3) is 0.250. The van der Waals surface area contributed by atoms with Crippen LogP contribution < -0.4 is 5.32 Å². The van der Waals surface area contributed by atoms with Crippen molar-refractivity contribution in [2.75, 3.05) is 0 Å². The minimum atomic E-state index is -0.725. The van der Waals surface area contributed by atoms with Gasteiger partial charge in [0.15, 0.2) is 5.78 Å². The molecule has 162 valence electrons. The molecule has 1 heterocycles. The van der Waals surface area contributed by atoms with E-state index in [1.807, 2.05) is 30.3 Å². The first-order valence-electron chi connectivity index (χ1n) is 9.34. The standard InChI is InChI=1S/C20H19Cl2N5O3S/c1-2-17(23-20(29)30-12-13-6-4-3-5-7-13)18(28)11-27-25-19(24-26-27)31-16-9-14(21)8-15(22)10-16/h3-10,17H,2,11-12H2,1H3,(H,23,29). The van der Waals surface area contributed by atoms with E-state index < -0.39 is 12.1 Å². The van der Waals surface area contributed by atoms with Crippen molar-refractivity contribution >= 4 is 46.8 Å². The number of carbonyl (C=O) groups is 2. The van der Waals surface area contributed by atoms with E-state index in [2.05, 4.69) is 20.7 Å². The number of aromatic nitrogens is 4. The van der Waals surface area contributed by atoms with E-state index in [0.717, 1.165) is 10.5 Å². The monoisotopic (exact) mass is 479 g/mol. The summed E-state index contributed by atoms with van der Waals surface area (Å²) >= 11 is 13.2. The summed E-state index contributed by atoms with van der Waals surface area (Å²) in [5.74, 6) is -0.265. The van der Waals surface area contributed by atoms with Crippen LogP contribution in [0.15, 0.2) is 58.6 Å². The molecular formula is C20H19Cl2N5O3S. The zero-order valence-electron chi connectivity index (χ0n) is 16.5. The molecule has 0 saturated heterocycles. The van der Waals surface area contributed by atoms with Gasteiger partial charge in [-0.2, -0.15) is 4.80 Å². The fourth-order valence-electron chi connectivity index (χ4n) is 2.60. The summed E-state index contributed by atoms with van der Waals surface area (Å²) in [6, 6.07) is 13.6. The molecule has 0 saturated carbocycles. The number of rotatable bonds is 9. The molecule has 31 heavy (non-hydrogen) atoms. The highest BCUT2D eigenvalue weighted by Crippen LogP contribution is 2.29. The molecular weight excluding hydrogens is 461 g/mol. The highest BCUT2D eigenvalue weighted by molar-refractivity contribution is 7.99. The Morgan fingerprint density at radius 3 is 2.55 bits per heavy atom. The summed E-state index contributed by atoms with van der Waals surface area (Å²) in [5.41, 5.74) is 0.856. The van der Waals surface area contributed by atoms with Crippen LogP contribution in [0.3, 0.4) is 0 Å². The highest BCUT2D eigenvalue weighted by atomic mass is 35.5. The Balaban J connectivity index is 1.52. The number of nitrogens with zero attached hydrogens (tertiary/aromatic N) is 4. The number of amides is 1. The van der Waals surface area contributed by atoms with Crippen LogP contribution in [0.25, 0.3) is 0 Å². The van der Waals surface area contributed by atoms with Gasteiger partial charge >= 0.3 is 6.09 Å². The van der Waals surface area contributed by atoms with Crippen molar-refractivity contribution < 1.29 is 14.3 Å². The molecule has 1 aromatic heterocycles. The molecule has 1 atom stereocenters. The van der Waals surface area contributed by atoms with Crippen LogP contribution in [0.2, 0.25) is 10.0 Å². The molecule has 0 bridgehead atoms. The summed E-state index contributed by atoms with van der Waals surface area (Å²) in [6.07, 6.45) is -0.263. The quantitative estimate of drug-likeness (QED) is 0.485. The lowest BCUT2D eigenvalue weighted by molar-refractivity contribution is -0.122. The molecule has 8 nitrogen and oxygen atoms in total. The lowest BCUT2D eigenvalue weighted by Crippen LogP contribution is -2.42. The largest absolute Gasteiger partial charge is 0.445 e. The number of ketones is 1. The molecule has 3 rings (SSSR count). The third-order valence-corrected chi connectivity index (χ3v) is 5.33.